The summed E-state index contributed by atoms with van der Waals surface area (Å²) < 4.78 is 20.8. The molecule has 2 aromatic heterocycles. The number of ether oxygens (including phenoxy) is 1. The maximum atomic E-state index is 14.7. The SMILES string of the molecule is CCCCCCCCOc1ccc(-c2nc3cc(C(=O)NC4CC(O)CNC(=O)C5C(O)C(C)CN5C(=O)C(C(O)CC(N)=O)NC(=O)C(C(O)C(O)c5ccc(O)c(OSOO[O-])c5)NC(=O)C5CC(O)CN5C(=O)C(C(C)O)NC4=O)ccc3o2)cn1.[Na+]. The second-order valence-electron chi connectivity index (χ2n) is 22.1. The number of nitrogens with zero attached hydrogens (tertiary/aromatic N) is 4. The van der Waals surface area contributed by atoms with Crippen molar-refractivity contribution in [3.63, 3.8) is 0 Å². The van der Waals surface area contributed by atoms with E-state index in [2.05, 4.69) is 52.8 Å². The maximum absolute atomic E-state index is 14.7. The first-order valence-electron chi connectivity index (χ1n) is 28.7. The monoisotopic (exact) mass is 1290 g/mol. The number of oxazole rings is 1. The molecule has 3 saturated heterocycles. The predicted octanol–water partition coefficient (Wildman–Crippen LogP) is -6.18. The molecule has 15 N–H and O–H groups in total. The van der Waals surface area contributed by atoms with Gasteiger partial charge in [-0.05, 0) is 55.3 Å². The molecule has 34 heteroatoms. The standard InChI is InChI=1S/C56H74N10O22S.Na/c1-4-5-6-7-8-9-16-84-41-15-12-30(22-58-41)54-61-33-17-29(11-14-38(33)85-54)49(76)60-34-19-31(68)23-59-53(80)45-46(73)26(2)24-66(45)56(82)43(37(71)21-40(57)72)63-52(79)44(48(75)47(74)28-10-13-36(70)39(18-28)86-89-88-87-83)64-51(78)35-20-32(69)25-65(35)55(81)42(27(3)67)62-50(34)77;/h10-15,17-18,22,26-27,31-32,34-35,37,42-48,67-71,73-75,83H,4-9,16,19-21,23-25H2,1-3H3,(H2,57,72)(H,59,80)(H,60,76)(H,62,77)(H,63,79)(H,64,78);/q;+1/p-1. The number of phenols is 1. The Morgan fingerprint density at radius 3 is 2.23 bits per heavy atom. The fraction of sp³-hybridized carbons (Fsp3) is 0.536. The van der Waals surface area contributed by atoms with Crippen molar-refractivity contribution in [2.24, 2.45) is 11.7 Å². The first-order chi connectivity index (χ1) is 42.4. The summed E-state index contributed by atoms with van der Waals surface area (Å²) in [6.07, 6.45) is -8.23. The molecule has 3 fully saturated rings. The van der Waals surface area contributed by atoms with E-state index in [1.54, 1.807) is 12.1 Å². The van der Waals surface area contributed by atoms with E-state index in [-0.39, 0.29) is 70.0 Å². The molecule has 0 aliphatic carbocycles. The summed E-state index contributed by atoms with van der Waals surface area (Å²) in [4.78, 5) is 124. The first kappa shape index (κ1) is 72.2. The molecule has 4 aromatic rings. The van der Waals surface area contributed by atoms with E-state index in [0.29, 0.717) is 23.0 Å². The Labute approximate surface area is 541 Å². The minimum Gasteiger partial charge on any atom is -0.691 e. The molecule has 0 bridgehead atoms. The summed E-state index contributed by atoms with van der Waals surface area (Å²) in [5, 5.41) is 115. The number of primary amides is 1. The molecule has 90 heavy (non-hydrogen) atoms. The van der Waals surface area contributed by atoms with E-state index >= 15 is 0 Å². The minimum atomic E-state index is -2.54. The molecule has 14 unspecified atom stereocenters. The number of aliphatic hydroxyl groups is 7. The van der Waals surface area contributed by atoms with E-state index in [0.717, 1.165) is 55.7 Å². The van der Waals surface area contributed by atoms with Gasteiger partial charge in [0, 0.05) is 56.2 Å². The van der Waals surface area contributed by atoms with Gasteiger partial charge in [-0.2, -0.15) is 0 Å². The van der Waals surface area contributed by atoms with Crippen molar-refractivity contribution in [3.8, 4) is 28.8 Å². The van der Waals surface area contributed by atoms with E-state index in [1.807, 2.05) is 0 Å². The number of hydrogen-bond donors (Lipinski definition) is 14. The number of carbonyl (C=O) groups is 8. The first-order valence-corrected chi connectivity index (χ1v) is 29.4. The van der Waals surface area contributed by atoms with Crippen molar-refractivity contribution in [1.82, 2.24) is 46.4 Å². The zero-order valence-corrected chi connectivity index (χ0v) is 52.4. The fourth-order valence-electron chi connectivity index (χ4n) is 10.5. The minimum absolute atomic E-state index is 0. The van der Waals surface area contributed by atoms with E-state index in [1.165, 1.54) is 44.2 Å². The number of benzene rings is 2. The van der Waals surface area contributed by atoms with Gasteiger partial charge in [0.15, 0.2) is 17.1 Å². The third-order valence-electron chi connectivity index (χ3n) is 15.3. The molecule has 14 atom stereocenters. The van der Waals surface area contributed by atoms with E-state index < -0.39 is 183 Å². The third kappa shape index (κ3) is 18.4. The van der Waals surface area contributed by atoms with Crippen LogP contribution in [0, 0.1) is 5.92 Å². The molecular weight excluding hydrogens is 1220 g/mol. The summed E-state index contributed by atoms with van der Waals surface area (Å²) in [7, 11) is 0. The molecule has 0 radical (unpaired) electrons. The zero-order chi connectivity index (χ0) is 64.8. The predicted molar refractivity (Wildman–Crippen MR) is 305 cm³/mol. The zero-order valence-electron chi connectivity index (χ0n) is 49.5. The van der Waals surface area contributed by atoms with Crippen LogP contribution in [0.4, 0.5) is 0 Å². The number of amides is 8. The van der Waals surface area contributed by atoms with Crippen LogP contribution >= 0.6 is 12.3 Å². The van der Waals surface area contributed by atoms with Gasteiger partial charge in [-0.25, -0.2) is 9.97 Å². The fourth-order valence-corrected chi connectivity index (χ4v) is 10.8. The number of β-amino-alcohol motifs (C(OH)–C–C–N with tert-alkyl or cyclic N) is 1. The molecule has 8 amide bonds. The Hall–Kier alpha value is -6.83. The molecule has 3 aliphatic rings. The molecule has 486 valence electrons. The molecule has 3 aliphatic heterocycles. The Morgan fingerprint density at radius 1 is 0.844 bits per heavy atom. The number of nitrogens with one attached hydrogen (secondary N) is 5. The number of carbonyl (C=O) groups excluding carboxylic acids is 8. The average molecular weight is 1290 g/mol. The van der Waals surface area contributed by atoms with Crippen LogP contribution in [-0.2, 0) is 42.9 Å². The average Bonchev–Trinajstić information content (AvgIpc) is 1.62. The number of fused-ring (bicyclic) bond motifs is 3. The van der Waals surface area contributed by atoms with E-state index in [4.69, 9.17) is 19.1 Å². The van der Waals surface area contributed by atoms with Gasteiger partial charge in [0.2, 0.25) is 53.1 Å². The number of phenolic OH excluding ortho intramolecular Hbond substituents is 1. The summed E-state index contributed by atoms with van der Waals surface area (Å²) in [5.41, 5.74) is 5.85. The van der Waals surface area contributed by atoms with Gasteiger partial charge in [-0.15, -0.1) is 4.33 Å². The number of pyridine rings is 1. The Morgan fingerprint density at radius 2 is 1.54 bits per heavy atom. The number of aromatic nitrogens is 2. The topological polar surface area (TPSA) is 490 Å². The maximum Gasteiger partial charge on any atom is 1.00 e. The summed E-state index contributed by atoms with van der Waals surface area (Å²) in [6, 6.07) is -2.04. The summed E-state index contributed by atoms with van der Waals surface area (Å²) >= 11 is -0.0881. The Kier molecular flexibility index (Phi) is 26.9. The molecule has 5 heterocycles. The van der Waals surface area contributed by atoms with Crippen LogP contribution < -0.4 is 76.1 Å². The van der Waals surface area contributed by atoms with Crippen LogP contribution in [-0.4, -0.2) is 207 Å². The molecule has 2 aromatic carbocycles. The number of rotatable bonds is 22. The van der Waals surface area contributed by atoms with Crippen LogP contribution in [0.25, 0.3) is 22.6 Å². The van der Waals surface area contributed by atoms with Crippen LogP contribution in [0.15, 0.2) is 59.1 Å². The van der Waals surface area contributed by atoms with Crippen molar-refractivity contribution in [2.45, 2.75) is 158 Å². The van der Waals surface area contributed by atoms with E-state index in [9.17, 15) is 84.5 Å². The van der Waals surface area contributed by atoms with Crippen molar-refractivity contribution in [2.75, 3.05) is 26.2 Å². The number of aliphatic hydroxyl groups excluding tert-OH is 7. The number of aromatic hydroxyl groups is 1. The van der Waals surface area contributed by atoms with Crippen molar-refractivity contribution < 1.29 is 137 Å². The third-order valence-corrected chi connectivity index (χ3v) is 15.7. The normalized spacial score (nSPS) is 25.2. The molecule has 0 saturated carbocycles. The van der Waals surface area contributed by atoms with Crippen molar-refractivity contribution >= 4 is 70.7 Å². The molecular formula is C56H73N10NaO22S. The molecule has 0 spiro atoms. The number of nitrogens with two attached hydrogens (primary N) is 1. The quantitative estimate of drug-likeness (QED) is 0.0114. The number of unbranched alkanes of at least 4 members (excludes halogenated alkanes) is 5. The van der Waals surface area contributed by atoms with Crippen LogP contribution in [0.5, 0.6) is 17.4 Å². The van der Waals surface area contributed by atoms with Gasteiger partial charge >= 0.3 is 29.6 Å². The largest absolute Gasteiger partial charge is 1.00 e. The van der Waals surface area contributed by atoms with Crippen LogP contribution in [0.3, 0.4) is 0 Å². The second kappa shape index (κ2) is 33.5. The molecule has 7 rings (SSSR count). The Balaban J connectivity index is 0.0000129. The van der Waals surface area contributed by atoms with Crippen LogP contribution in [0.2, 0.25) is 0 Å². The Bertz CT molecular complexity index is 3150. The van der Waals surface area contributed by atoms with Crippen molar-refractivity contribution in [3.05, 3.63) is 65.9 Å². The number of hydrogen-bond acceptors (Lipinski definition) is 25. The smallest absolute Gasteiger partial charge is 0.691 e. The summed E-state index contributed by atoms with van der Waals surface area (Å²) in [5.74, 6) is -11.6. The molecule has 32 nitrogen and oxygen atoms in total. The van der Waals surface area contributed by atoms with Gasteiger partial charge in [0.25, 0.3) is 18.2 Å². The van der Waals surface area contributed by atoms with Crippen molar-refractivity contribution in [1.29, 1.82) is 0 Å². The van der Waals surface area contributed by atoms with Gasteiger partial charge in [0.05, 0.1) is 49.1 Å². The van der Waals surface area contributed by atoms with Gasteiger partial charge < -0.3 is 102 Å². The van der Waals surface area contributed by atoms with Gasteiger partial charge in [0.1, 0.15) is 54.0 Å². The van der Waals surface area contributed by atoms with Gasteiger partial charge in [-0.3, -0.25) is 43.4 Å². The van der Waals surface area contributed by atoms with Crippen LogP contribution in [0.1, 0.15) is 101 Å². The second-order valence-corrected chi connectivity index (χ2v) is 22.5. The summed E-state index contributed by atoms with van der Waals surface area (Å²) in [6.45, 7) is 3.28. The van der Waals surface area contributed by atoms with Gasteiger partial charge in [-0.1, -0.05) is 52.0 Å².